The Morgan fingerprint density at radius 2 is 1.81 bits per heavy atom. The molecule has 1 N–H and O–H groups in total. The minimum atomic E-state index is -4.00. The van der Waals surface area contributed by atoms with Gasteiger partial charge in [-0.25, -0.2) is 13.1 Å². The maximum absolute atomic E-state index is 13.8. The Bertz CT molecular complexity index is 2140. The van der Waals surface area contributed by atoms with Gasteiger partial charge in [-0.15, -0.1) is 11.8 Å². The zero-order valence-corrected chi connectivity index (χ0v) is 39.6. The molecule has 2 aromatic carbocycles. The molecule has 0 spiro atoms. The summed E-state index contributed by atoms with van der Waals surface area (Å²) in [7, 11) is -2.16. The number of ether oxygens (including phenoxy) is 2. The molecular formula is C49H66ClN5O6S2. The highest BCUT2D eigenvalue weighted by molar-refractivity contribution is 7.99. The van der Waals surface area contributed by atoms with Crippen LogP contribution in [0.15, 0.2) is 88.8 Å². The van der Waals surface area contributed by atoms with Crippen molar-refractivity contribution in [2.24, 2.45) is 29.6 Å². The SMILES string of the molecule is CO[C@@]1(CN2CCN3CCN(C(=O)CCSc4ccccc4)C[C@H]3C2)/C=C/C[C@H](C)[C@@H](C)S(=O)(=O)NC(=O)c2ccc3c(c2)N(CCCCC2C=C(Cl)C=CC2CO3)C[C@@H]2CC[C@H]21. The molecule has 2 amide bonds. The third kappa shape index (κ3) is 10.9. The number of benzene rings is 2. The first-order valence-electron chi connectivity index (χ1n) is 23.2. The molecule has 2 saturated heterocycles. The average Bonchev–Trinajstić information content (AvgIpc) is 3.30. The number of rotatable bonds is 7. The molecule has 11 nitrogen and oxygen atoms in total. The molecular weight excluding hydrogens is 854 g/mol. The van der Waals surface area contributed by atoms with Crippen molar-refractivity contribution < 1.29 is 27.5 Å². The molecule has 8 rings (SSSR count). The summed E-state index contributed by atoms with van der Waals surface area (Å²) in [4.78, 5) is 38.0. The number of hydrogen-bond donors (Lipinski definition) is 1. The first-order chi connectivity index (χ1) is 30.4. The Balaban J connectivity index is 1.04. The molecule has 2 aromatic rings. The van der Waals surface area contributed by atoms with Crippen molar-refractivity contribution in [3.8, 4) is 5.75 Å². The zero-order valence-electron chi connectivity index (χ0n) is 37.2. The summed E-state index contributed by atoms with van der Waals surface area (Å²) in [6.45, 7) is 11.4. The summed E-state index contributed by atoms with van der Waals surface area (Å²) in [5.41, 5.74) is 0.499. The van der Waals surface area contributed by atoms with E-state index in [1.54, 1.807) is 24.8 Å². The summed E-state index contributed by atoms with van der Waals surface area (Å²) in [5, 5.41) is -0.0474. The maximum Gasteiger partial charge on any atom is 0.264 e. The van der Waals surface area contributed by atoms with Gasteiger partial charge in [0.25, 0.3) is 5.91 Å². The van der Waals surface area contributed by atoms with E-state index in [4.69, 9.17) is 21.1 Å². The molecule has 4 aliphatic heterocycles. The van der Waals surface area contributed by atoms with Gasteiger partial charge in [-0.2, -0.15) is 0 Å². The fourth-order valence-corrected chi connectivity index (χ4v) is 13.0. The number of fused-ring (bicyclic) bond motifs is 4. The minimum absolute atomic E-state index is 0.169. The number of nitrogens with zero attached hydrogens (tertiary/aromatic N) is 4. The van der Waals surface area contributed by atoms with Crippen molar-refractivity contribution in [3.05, 3.63) is 89.5 Å². The van der Waals surface area contributed by atoms with Gasteiger partial charge in [0, 0.05) is 106 Å². The van der Waals surface area contributed by atoms with Gasteiger partial charge in [-0.3, -0.25) is 19.4 Å². The van der Waals surface area contributed by atoms with Gasteiger partial charge in [0.2, 0.25) is 15.9 Å². The zero-order chi connectivity index (χ0) is 44.1. The Hall–Kier alpha value is -3.33. The third-order valence-corrected chi connectivity index (χ3v) is 18.1. The number of sulfonamides is 1. The number of allylic oxidation sites excluding steroid dienone is 4. The number of hydrogen-bond acceptors (Lipinski definition) is 10. The van der Waals surface area contributed by atoms with Crippen molar-refractivity contribution in [1.82, 2.24) is 19.4 Å². The van der Waals surface area contributed by atoms with E-state index in [1.165, 1.54) is 4.90 Å². The largest absolute Gasteiger partial charge is 0.491 e. The van der Waals surface area contributed by atoms with E-state index in [0.717, 1.165) is 101 Å². The van der Waals surface area contributed by atoms with Crippen LogP contribution in [0.25, 0.3) is 0 Å². The predicted octanol–water partition coefficient (Wildman–Crippen LogP) is 7.45. The van der Waals surface area contributed by atoms with Gasteiger partial charge in [-0.1, -0.05) is 67.4 Å². The molecule has 2 bridgehead atoms. The first-order valence-corrected chi connectivity index (χ1v) is 26.1. The summed E-state index contributed by atoms with van der Waals surface area (Å²) in [6, 6.07) is 15.9. The van der Waals surface area contributed by atoms with E-state index in [-0.39, 0.29) is 35.6 Å². The van der Waals surface area contributed by atoms with Crippen LogP contribution >= 0.6 is 23.4 Å². The number of anilines is 1. The molecule has 8 atom stereocenters. The Labute approximate surface area is 384 Å². The molecule has 0 aromatic heterocycles. The second-order valence-corrected chi connectivity index (χ2v) is 22.4. The predicted molar refractivity (Wildman–Crippen MR) is 253 cm³/mol. The van der Waals surface area contributed by atoms with Gasteiger partial charge in [0.1, 0.15) is 11.4 Å². The standard InChI is InChI=1S/C49H66ClN5O6S2/c1-35-10-9-21-49(60-3,34-52-23-24-53-25-26-55(32-42(53)31-52)47(56)20-27-62-43-12-5-4-6-13-43)44-18-15-39(44)30-54-22-8-7-11-37-28-41(50)17-14-40(37)33-61-46-19-16-38(29-45(46)54)48(57)51-63(58,59)36(35)2/h4-6,9,12-14,16-17,19,21,28-29,35-37,39-40,42,44H,7-8,10-11,15,18,20,22-27,30-34H2,1-3H3,(H,51,57)/b21-9+/t35-,36+,37?,39-,40?,42+,44+,49+/m0/s1. The van der Waals surface area contributed by atoms with E-state index >= 15 is 0 Å². The van der Waals surface area contributed by atoms with Crippen LogP contribution in [0.4, 0.5) is 5.69 Å². The van der Waals surface area contributed by atoms with Crippen LogP contribution in [0.2, 0.25) is 0 Å². The lowest BCUT2D eigenvalue weighted by atomic mass is 9.63. The first kappa shape index (κ1) is 46.2. The van der Waals surface area contributed by atoms with Gasteiger partial charge in [-0.05, 0) is 99.1 Å². The molecule has 2 unspecified atom stereocenters. The van der Waals surface area contributed by atoms with Gasteiger partial charge in [0.05, 0.1) is 17.5 Å². The normalized spacial score (nSPS) is 32.3. The molecule has 63 heavy (non-hydrogen) atoms. The molecule has 2 aliphatic carbocycles. The quantitative estimate of drug-likeness (QED) is 0.222. The maximum atomic E-state index is 13.8. The molecule has 0 radical (unpaired) electrons. The number of thioether (sulfide) groups is 1. The average molecular weight is 921 g/mol. The van der Waals surface area contributed by atoms with Crippen LogP contribution in [0.1, 0.15) is 69.2 Å². The van der Waals surface area contributed by atoms with E-state index < -0.39 is 26.8 Å². The van der Waals surface area contributed by atoms with Crippen LogP contribution in [0, 0.1) is 29.6 Å². The Kier molecular flexibility index (Phi) is 15.0. The number of piperazine rings is 2. The smallest absolute Gasteiger partial charge is 0.264 e. The Morgan fingerprint density at radius 3 is 2.60 bits per heavy atom. The molecule has 6 aliphatic rings. The lowest BCUT2D eigenvalue weighted by Crippen LogP contribution is -2.65. The highest BCUT2D eigenvalue weighted by Crippen LogP contribution is 2.47. The van der Waals surface area contributed by atoms with Crippen LogP contribution in [0.5, 0.6) is 5.75 Å². The van der Waals surface area contributed by atoms with Crippen LogP contribution in [-0.4, -0.2) is 130 Å². The summed E-state index contributed by atoms with van der Waals surface area (Å²) in [5.74, 6) is 1.76. The van der Waals surface area contributed by atoms with E-state index in [9.17, 15) is 18.0 Å². The second-order valence-electron chi connectivity index (χ2n) is 18.7. The van der Waals surface area contributed by atoms with Crippen molar-refractivity contribution >= 4 is 50.9 Å². The van der Waals surface area contributed by atoms with Gasteiger partial charge < -0.3 is 19.3 Å². The topological polar surface area (TPSA) is 112 Å². The van der Waals surface area contributed by atoms with Crippen LogP contribution in [0.3, 0.4) is 0 Å². The van der Waals surface area contributed by atoms with Crippen LogP contribution in [-0.2, 0) is 19.6 Å². The van der Waals surface area contributed by atoms with Crippen molar-refractivity contribution in [3.63, 3.8) is 0 Å². The highest BCUT2D eigenvalue weighted by atomic mass is 35.5. The van der Waals surface area contributed by atoms with Crippen molar-refractivity contribution in [2.75, 3.05) is 83.3 Å². The monoisotopic (exact) mass is 919 g/mol. The van der Waals surface area contributed by atoms with Crippen molar-refractivity contribution in [1.29, 1.82) is 0 Å². The second kappa shape index (κ2) is 20.5. The summed E-state index contributed by atoms with van der Waals surface area (Å²) in [6.07, 6.45) is 16.7. The Morgan fingerprint density at radius 1 is 0.984 bits per heavy atom. The van der Waals surface area contributed by atoms with Gasteiger partial charge in [0.15, 0.2) is 0 Å². The number of carbonyl (C=O) groups excluding carboxylic acids is 2. The fraction of sp³-hybridized carbons (Fsp3) is 0.592. The van der Waals surface area contributed by atoms with Gasteiger partial charge >= 0.3 is 0 Å². The summed E-state index contributed by atoms with van der Waals surface area (Å²) >= 11 is 8.21. The lowest BCUT2D eigenvalue weighted by molar-refractivity contribution is -0.136. The molecule has 3 fully saturated rings. The molecule has 1 saturated carbocycles. The fourth-order valence-electron chi connectivity index (χ4n) is 10.6. The number of carbonyl (C=O) groups is 2. The minimum Gasteiger partial charge on any atom is -0.491 e. The van der Waals surface area contributed by atoms with Crippen molar-refractivity contribution in [2.45, 2.75) is 80.6 Å². The lowest BCUT2D eigenvalue weighted by Gasteiger charge is -2.53. The highest BCUT2D eigenvalue weighted by Gasteiger charge is 2.49. The summed E-state index contributed by atoms with van der Waals surface area (Å²) < 4.78 is 43.4. The number of amides is 2. The molecule has 14 heteroatoms. The molecule has 342 valence electrons. The number of halogens is 1. The third-order valence-electron chi connectivity index (χ3n) is 14.9. The number of nitrogens with one attached hydrogen (secondary N) is 1. The van der Waals surface area contributed by atoms with Crippen LogP contribution < -0.4 is 14.4 Å². The van der Waals surface area contributed by atoms with E-state index in [0.29, 0.717) is 43.2 Å². The van der Waals surface area contributed by atoms with E-state index in [2.05, 4.69) is 60.8 Å². The molecule has 4 heterocycles. The number of methoxy groups -OCH3 is 1. The van der Waals surface area contributed by atoms with E-state index in [1.807, 2.05) is 50.4 Å².